The predicted molar refractivity (Wildman–Crippen MR) is 87.0 cm³/mol. The van der Waals surface area contributed by atoms with Gasteiger partial charge in [-0.25, -0.2) is 4.98 Å². The molecule has 21 heavy (non-hydrogen) atoms. The van der Waals surface area contributed by atoms with Crippen molar-refractivity contribution < 1.29 is 5.21 Å². The Balaban J connectivity index is 2.01. The van der Waals surface area contributed by atoms with Gasteiger partial charge in [0, 0.05) is 15.1 Å². The van der Waals surface area contributed by atoms with E-state index >= 15 is 0 Å². The van der Waals surface area contributed by atoms with Crippen LogP contribution < -0.4 is 5.73 Å². The van der Waals surface area contributed by atoms with Gasteiger partial charge in [0.1, 0.15) is 5.03 Å². The third-order valence-corrected chi connectivity index (χ3v) is 4.97. The number of benzene rings is 1. The maximum absolute atomic E-state index is 8.98. The van der Waals surface area contributed by atoms with Gasteiger partial charge in [-0.3, -0.25) is 0 Å². The fourth-order valence-corrected chi connectivity index (χ4v) is 3.57. The molecule has 0 saturated carbocycles. The van der Waals surface area contributed by atoms with Crippen LogP contribution in [0.5, 0.6) is 0 Å². The molecule has 0 amide bonds. The molecule has 1 aliphatic rings. The molecule has 1 aromatic carbocycles. The smallest absolute Gasteiger partial charge is 0.172 e. The SMILES string of the molecule is NC(=NO)c1cc2c(nc1Sc1ccc(Br)cc1)CCC2. The highest BCUT2D eigenvalue weighted by molar-refractivity contribution is 9.10. The van der Waals surface area contributed by atoms with Gasteiger partial charge in [-0.2, -0.15) is 0 Å². The number of fused-ring (bicyclic) bond motifs is 1. The molecule has 0 unspecified atom stereocenters. The van der Waals surface area contributed by atoms with Crippen molar-refractivity contribution in [1.29, 1.82) is 0 Å². The van der Waals surface area contributed by atoms with E-state index in [0.29, 0.717) is 5.56 Å². The van der Waals surface area contributed by atoms with Crippen molar-refractivity contribution >= 4 is 33.5 Å². The quantitative estimate of drug-likeness (QED) is 0.378. The van der Waals surface area contributed by atoms with Gasteiger partial charge in [-0.15, -0.1) is 0 Å². The second-order valence-corrected chi connectivity index (χ2v) is 6.82. The minimum Gasteiger partial charge on any atom is -0.409 e. The van der Waals surface area contributed by atoms with Crippen LogP contribution in [0.2, 0.25) is 0 Å². The lowest BCUT2D eigenvalue weighted by Gasteiger charge is -2.10. The van der Waals surface area contributed by atoms with Crippen LogP contribution in [0.4, 0.5) is 0 Å². The molecule has 4 nitrogen and oxygen atoms in total. The highest BCUT2D eigenvalue weighted by Crippen LogP contribution is 2.33. The minimum atomic E-state index is 0.108. The molecule has 1 aromatic heterocycles. The summed E-state index contributed by atoms with van der Waals surface area (Å²) in [4.78, 5) is 5.78. The van der Waals surface area contributed by atoms with E-state index in [0.717, 1.165) is 39.4 Å². The lowest BCUT2D eigenvalue weighted by Crippen LogP contribution is -2.16. The molecule has 0 spiro atoms. The number of nitrogens with zero attached hydrogens (tertiary/aromatic N) is 2. The lowest BCUT2D eigenvalue weighted by molar-refractivity contribution is 0.318. The van der Waals surface area contributed by atoms with Gasteiger partial charge in [0.2, 0.25) is 0 Å². The van der Waals surface area contributed by atoms with Crippen LogP contribution in [0, 0.1) is 0 Å². The Morgan fingerprint density at radius 3 is 2.76 bits per heavy atom. The van der Waals surface area contributed by atoms with Crippen molar-refractivity contribution in [3.63, 3.8) is 0 Å². The van der Waals surface area contributed by atoms with Crippen LogP contribution in [0.1, 0.15) is 23.2 Å². The minimum absolute atomic E-state index is 0.108. The molecular formula is C15H14BrN3OS. The van der Waals surface area contributed by atoms with E-state index < -0.39 is 0 Å². The molecule has 108 valence electrons. The Hall–Kier alpha value is -1.53. The van der Waals surface area contributed by atoms with Crippen molar-refractivity contribution in [1.82, 2.24) is 4.98 Å². The van der Waals surface area contributed by atoms with Crippen molar-refractivity contribution in [2.24, 2.45) is 10.9 Å². The van der Waals surface area contributed by atoms with Crippen LogP contribution in [-0.4, -0.2) is 16.0 Å². The summed E-state index contributed by atoms with van der Waals surface area (Å²) in [6.07, 6.45) is 3.13. The van der Waals surface area contributed by atoms with E-state index in [1.165, 1.54) is 17.3 Å². The summed E-state index contributed by atoms with van der Waals surface area (Å²) in [6.45, 7) is 0. The number of aryl methyl sites for hydroxylation is 2. The van der Waals surface area contributed by atoms with Gasteiger partial charge >= 0.3 is 0 Å². The first-order valence-corrected chi connectivity index (χ1v) is 8.22. The molecule has 0 fully saturated rings. The zero-order valence-electron chi connectivity index (χ0n) is 11.2. The Bertz CT molecular complexity index is 701. The monoisotopic (exact) mass is 363 g/mol. The van der Waals surface area contributed by atoms with Crippen LogP contribution in [0.25, 0.3) is 0 Å². The molecule has 1 heterocycles. The van der Waals surface area contributed by atoms with E-state index in [9.17, 15) is 0 Å². The number of amidine groups is 1. The van der Waals surface area contributed by atoms with Crippen LogP contribution >= 0.6 is 27.7 Å². The fraction of sp³-hybridized carbons (Fsp3) is 0.200. The molecule has 0 aliphatic heterocycles. The maximum atomic E-state index is 8.98. The second-order valence-electron chi connectivity index (χ2n) is 4.84. The average molecular weight is 364 g/mol. The molecule has 2 aromatic rings. The van der Waals surface area contributed by atoms with Gasteiger partial charge in [-0.05, 0) is 55.2 Å². The first-order chi connectivity index (χ1) is 10.2. The van der Waals surface area contributed by atoms with E-state index in [2.05, 4.69) is 21.1 Å². The Kier molecular flexibility index (Phi) is 4.17. The summed E-state index contributed by atoms with van der Waals surface area (Å²) >= 11 is 4.95. The first kappa shape index (κ1) is 14.4. The van der Waals surface area contributed by atoms with E-state index in [-0.39, 0.29) is 5.84 Å². The van der Waals surface area contributed by atoms with Gasteiger partial charge in [0.15, 0.2) is 5.84 Å². The summed E-state index contributed by atoms with van der Waals surface area (Å²) in [5.74, 6) is 0.108. The summed E-state index contributed by atoms with van der Waals surface area (Å²) < 4.78 is 1.03. The molecule has 3 rings (SSSR count). The first-order valence-electron chi connectivity index (χ1n) is 6.61. The maximum Gasteiger partial charge on any atom is 0.172 e. The van der Waals surface area contributed by atoms with Crippen molar-refractivity contribution in [2.45, 2.75) is 29.2 Å². The summed E-state index contributed by atoms with van der Waals surface area (Å²) in [5, 5.41) is 12.9. The summed E-state index contributed by atoms with van der Waals surface area (Å²) in [5.41, 5.74) is 8.84. The largest absolute Gasteiger partial charge is 0.409 e. The van der Waals surface area contributed by atoms with Gasteiger partial charge in [0.05, 0.1) is 5.56 Å². The van der Waals surface area contributed by atoms with Gasteiger partial charge < -0.3 is 10.9 Å². The van der Waals surface area contributed by atoms with E-state index in [1.54, 1.807) is 0 Å². The fourth-order valence-electron chi connectivity index (χ4n) is 2.38. The number of nitrogens with two attached hydrogens (primary N) is 1. The molecule has 0 saturated heterocycles. The lowest BCUT2D eigenvalue weighted by atomic mass is 10.1. The molecule has 0 atom stereocenters. The van der Waals surface area contributed by atoms with Gasteiger partial charge in [0.25, 0.3) is 0 Å². The topological polar surface area (TPSA) is 71.5 Å². The number of hydrogen-bond donors (Lipinski definition) is 2. The molecule has 0 radical (unpaired) electrons. The highest BCUT2D eigenvalue weighted by Gasteiger charge is 2.19. The number of halogens is 1. The van der Waals surface area contributed by atoms with Crippen LogP contribution in [-0.2, 0) is 12.8 Å². The molecule has 1 aliphatic carbocycles. The number of oxime groups is 1. The number of pyridine rings is 1. The Morgan fingerprint density at radius 2 is 2.05 bits per heavy atom. The van der Waals surface area contributed by atoms with Crippen molar-refractivity contribution in [2.75, 3.05) is 0 Å². The number of hydrogen-bond acceptors (Lipinski definition) is 4. The van der Waals surface area contributed by atoms with Crippen LogP contribution in [0.15, 0.2) is 49.9 Å². The standard InChI is InChI=1S/C15H14BrN3OS/c16-10-4-6-11(7-5-10)21-15-12(14(17)19-20)8-9-2-1-3-13(9)18-15/h4-8,20H,1-3H2,(H2,17,19). The van der Waals surface area contributed by atoms with Crippen molar-refractivity contribution in [3.05, 3.63) is 51.6 Å². The van der Waals surface area contributed by atoms with E-state index in [1.807, 2.05) is 30.3 Å². The number of aromatic nitrogens is 1. The summed E-state index contributed by atoms with van der Waals surface area (Å²) in [6, 6.07) is 10.0. The molecule has 6 heteroatoms. The molecule has 0 bridgehead atoms. The normalized spacial score (nSPS) is 14.2. The third kappa shape index (κ3) is 3.06. The Morgan fingerprint density at radius 1 is 1.29 bits per heavy atom. The zero-order chi connectivity index (χ0) is 14.8. The van der Waals surface area contributed by atoms with E-state index in [4.69, 9.17) is 15.9 Å². The van der Waals surface area contributed by atoms with Crippen LogP contribution in [0.3, 0.4) is 0 Å². The Labute approximate surface area is 135 Å². The number of rotatable bonds is 3. The van der Waals surface area contributed by atoms with Crippen molar-refractivity contribution in [3.8, 4) is 0 Å². The van der Waals surface area contributed by atoms with Gasteiger partial charge in [-0.1, -0.05) is 32.8 Å². The highest BCUT2D eigenvalue weighted by atomic mass is 79.9. The third-order valence-electron chi connectivity index (χ3n) is 3.43. The predicted octanol–water partition coefficient (Wildman–Crippen LogP) is 3.58. The zero-order valence-corrected chi connectivity index (χ0v) is 13.6. The molecule has 3 N–H and O–H groups in total. The average Bonchev–Trinajstić information content (AvgIpc) is 2.95. The second kappa shape index (κ2) is 6.07. The molecular weight excluding hydrogens is 350 g/mol. The summed E-state index contributed by atoms with van der Waals surface area (Å²) in [7, 11) is 0.